The third-order valence-electron chi connectivity index (χ3n) is 4.55. The molecule has 2 nitrogen and oxygen atoms in total. The summed E-state index contributed by atoms with van der Waals surface area (Å²) in [6.45, 7) is 3.30. The average Bonchev–Trinajstić information content (AvgIpc) is 2.56. The van der Waals surface area contributed by atoms with Crippen molar-refractivity contribution in [2.75, 3.05) is 11.4 Å². The quantitative estimate of drug-likeness (QED) is 0.728. The second kappa shape index (κ2) is 6.65. The van der Waals surface area contributed by atoms with E-state index in [2.05, 4.69) is 41.1 Å². The minimum Gasteiger partial charge on any atom is -0.368 e. The van der Waals surface area contributed by atoms with Gasteiger partial charge in [0, 0.05) is 23.7 Å². The van der Waals surface area contributed by atoms with Gasteiger partial charge < -0.3 is 4.90 Å². The van der Waals surface area contributed by atoms with Crippen molar-refractivity contribution < 1.29 is 0 Å². The number of pyridine rings is 1. The SMILES string of the molecule is CCN(c1cc(CCl)nc2ccccc12)C1CCCCC1. The second-order valence-corrected chi connectivity index (χ2v) is 6.13. The zero-order valence-corrected chi connectivity index (χ0v) is 13.4. The van der Waals surface area contributed by atoms with Gasteiger partial charge in [-0.15, -0.1) is 11.6 Å². The first-order valence-corrected chi connectivity index (χ1v) is 8.58. The summed E-state index contributed by atoms with van der Waals surface area (Å²) >= 11 is 6.05. The van der Waals surface area contributed by atoms with Gasteiger partial charge in [-0.1, -0.05) is 37.5 Å². The van der Waals surface area contributed by atoms with E-state index in [1.807, 2.05) is 6.07 Å². The molecule has 112 valence electrons. The van der Waals surface area contributed by atoms with Gasteiger partial charge in [0.2, 0.25) is 0 Å². The van der Waals surface area contributed by atoms with E-state index in [1.165, 1.54) is 43.2 Å². The minimum atomic E-state index is 0.472. The van der Waals surface area contributed by atoms with Crippen molar-refractivity contribution in [2.24, 2.45) is 0 Å². The summed E-state index contributed by atoms with van der Waals surface area (Å²) in [5, 5.41) is 1.25. The Hall–Kier alpha value is -1.28. The van der Waals surface area contributed by atoms with Crippen LogP contribution in [0.2, 0.25) is 0 Å². The third-order valence-corrected chi connectivity index (χ3v) is 4.82. The zero-order chi connectivity index (χ0) is 14.7. The van der Waals surface area contributed by atoms with E-state index in [0.29, 0.717) is 11.9 Å². The van der Waals surface area contributed by atoms with Gasteiger partial charge in [-0.2, -0.15) is 0 Å². The number of aromatic nitrogens is 1. The van der Waals surface area contributed by atoms with E-state index in [1.54, 1.807) is 0 Å². The first-order chi connectivity index (χ1) is 10.3. The van der Waals surface area contributed by atoms with Crippen molar-refractivity contribution in [1.29, 1.82) is 0 Å². The first kappa shape index (κ1) is 14.6. The molecule has 0 atom stereocenters. The Kier molecular flexibility index (Phi) is 4.64. The molecule has 21 heavy (non-hydrogen) atoms. The number of halogens is 1. The Bertz CT molecular complexity index is 605. The van der Waals surface area contributed by atoms with Gasteiger partial charge in [0.15, 0.2) is 0 Å². The number of fused-ring (bicyclic) bond motifs is 1. The highest BCUT2D eigenvalue weighted by Crippen LogP contribution is 2.32. The van der Waals surface area contributed by atoms with Crippen LogP contribution >= 0.6 is 11.6 Å². The number of nitrogens with zero attached hydrogens (tertiary/aromatic N) is 2. The van der Waals surface area contributed by atoms with E-state index in [-0.39, 0.29) is 0 Å². The largest absolute Gasteiger partial charge is 0.368 e. The summed E-state index contributed by atoms with van der Waals surface area (Å²) in [5.74, 6) is 0.472. The summed E-state index contributed by atoms with van der Waals surface area (Å²) in [6.07, 6.45) is 6.71. The van der Waals surface area contributed by atoms with E-state index in [4.69, 9.17) is 11.6 Å². The van der Waals surface area contributed by atoms with Gasteiger partial charge in [0.05, 0.1) is 17.1 Å². The van der Waals surface area contributed by atoms with Crippen LogP contribution in [-0.4, -0.2) is 17.6 Å². The van der Waals surface area contributed by atoms with E-state index < -0.39 is 0 Å². The molecule has 0 N–H and O–H groups in total. The van der Waals surface area contributed by atoms with Crippen LogP contribution in [-0.2, 0) is 5.88 Å². The molecule has 1 aliphatic rings. The highest BCUT2D eigenvalue weighted by molar-refractivity contribution is 6.17. The molecule has 1 aliphatic carbocycles. The second-order valence-electron chi connectivity index (χ2n) is 5.86. The molecule has 0 radical (unpaired) electrons. The third kappa shape index (κ3) is 3.01. The predicted molar refractivity (Wildman–Crippen MR) is 91.2 cm³/mol. The topological polar surface area (TPSA) is 16.1 Å². The molecule has 1 saturated carbocycles. The van der Waals surface area contributed by atoms with E-state index >= 15 is 0 Å². The lowest BCUT2D eigenvalue weighted by atomic mass is 9.93. The van der Waals surface area contributed by atoms with Crippen LogP contribution in [0.5, 0.6) is 0 Å². The molecule has 0 spiro atoms. The highest BCUT2D eigenvalue weighted by Gasteiger charge is 2.22. The Labute approximate surface area is 132 Å². The number of para-hydroxylation sites is 1. The number of rotatable bonds is 4. The standard InChI is InChI=1S/C18H23ClN2/c1-2-21(15-8-4-3-5-9-15)18-12-14(13-19)20-17-11-7-6-10-16(17)18/h6-7,10-12,15H,2-5,8-9,13H2,1H3. The fraction of sp³-hybridized carbons (Fsp3) is 0.500. The van der Waals surface area contributed by atoms with Crippen LogP contribution in [0.4, 0.5) is 5.69 Å². The molecule has 2 aromatic rings. The van der Waals surface area contributed by atoms with E-state index in [0.717, 1.165) is 17.8 Å². The molecule has 0 amide bonds. The first-order valence-electron chi connectivity index (χ1n) is 8.04. The van der Waals surface area contributed by atoms with Gasteiger partial charge in [0.1, 0.15) is 0 Å². The molecule has 3 rings (SSSR count). The van der Waals surface area contributed by atoms with Crippen LogP contribution in [0.15, 0.2) is 30.3 Å². The van der Waals surface area contributed by atoms with Crippen molar-refractivity contribution in [2.45, 2.75) is 50.9 Å². The van der Waals surface area contributed by atoms with Gasteiger partial charge in [-0.05, 0) is 31.9 Å². The lowest BCUT2D eigenvalue weighted by molar-refractivity contribution is 0.418. The molecule has 0 unspecified atom stereocenters. The fourth-order valence-electron chi connectivity index (χ4n) is 3.53. The molecular formula is C18H23ClN2. The fourth-order valence-corrected chi connectivity index (χ4v) is 3.67. The van der Waals surface area contributed by atoms with Gasteiger partial charge in [0.25, 0.3) is 0 Å². The van der Waals surface area contributed by atoms with Crippen LogP contribution in [0, 0.1) is 0 Å². The lowest BCUT2D eigenvalue weighted by Crippen LogP contribution is -2.36. The van der Waals surface area contributed by atoms with Crippen LogP contribution in [0.3, 0.4) is 0 Å². The van der Waals surface area contributed by atoms with E-state index in [9.17, 15) is 0 Å². The molecule has 3 heteroatoms. The Morgan fingerprint density at radius 2 is 1.95 bits per heavy atom. The van der Waals surface area contributed by atoms with Gasteiger partial charge in [-0.25, -0.2) is 0 Å². The van der Waals surface area contributed by atoms with Crippen molar-refractivity contribution in [3.63, 3.8) is 0 Å². The number of hydrogen-bond donors (Lipinski definition) is 0. The van der Waals surface area contributed by atoms with Crippen LogP contribution in [0.1, 0.15) is 44.7 Å². The molecule has 0 saturated heterocycles. The van der Waals surface area contributed by atoms with Crippen molar-refractivity contribution in [1.82, 2.24) is 4.98 Å². The molecule has 1 aromatic carbocycles. The van der Waals surface area contributed by atoms with Gasteiger partial charge in [-0.3, -0.25) is 4.98 Å². The van der Waals surface area contributed by atoms with Gasteiger partial charge >= 0.3 is 0 Å². The predicted octanol–water partition coefficient (Wildman–Crippen LogP) is 5.13. The Morgan fingerprint density at radius 3 is 2.67 bits per heavy atom. The maximum absolute atomic E-state index is 6.05. The van der Waals surface area contributed by atoms with Crippen molar-refractivity contribution in [3.8, 4) is 0 Å². The Balaban J connectivity index is 2.07. The summed E-state index contributed by atoms with van der Waals surface area (Å²) in [7, 11) is 0. The molecular weight excluding hydrogens is 280 g/mol. The molecule has 0 bridgehead atoms. The minimum absolute atomic E-state index is 0.472. The zero-order valence-electron chi connectivity index (χ0n) is 12.7. The monoisotopic (exact) mass is 302 g/mol. The number of hydrogen-bond acceptors (Lipinski definition) is 2. The Morgan fingerprint density at radius 1 is 1.19 bits per heavy atom. The summed E-state index contributed by atoms with van der Waals surface area (Å²) in [4.78, 5) is 7.23. The molecule has 1 fully saturated rings. The number of benzene rings is 1. The normalized spacial score (nSPS) is 16.3. The number of alkyl halides is 1. The average molecular weight is 303 g/mol. The number of anilines is 1. The molecule has 1 aromatic heterocycles. The highest BCUT2D eigenvalue weighted by atomic mass is 35.5. The summed E-state index contributed by atoms with van der Waals surface area (Å²) < 4.78 is 0. The van der Waals surface area contributed by atoms with Crippen LogP contribution < -0.4 is 4.90 Å². The summed E-state index contributed by atoms with van der Waals surface area (Å²) in [6, 6.07) is 11.3. The lowest BCUT2D eigenvalue weighted by Gasteiger charge is -2.36. The molecule has 0 aliphatic heterocycles. The van der Waals surface area contributed by atoms with Crippen LogP contribution in [0.25, 0.3) is 10.9 Å². The van der Waals surface area contributed by atoms with Crippen molar-refractivity contribution in [3.05, 3.63) is 36.0 Å². The maximum atomic E-state index is 6.05. The summed E-state index contributed by atoms with van der Waals surface area (Å²) in [5.41, 5.74) is 3.34. The molecule has 1 heterocycles. The maximum Gasteiger partial charge on any atom is 0.0726 e. The van der Waals surface area contributed by atoms with Crippen molar-refractivity contribution >= 4 is 28.2 Å². The smallest absolute Gasteiger partial charge is 0.0726 e.